The number of nitrogens with zero attached hydrogens (tertiary/aromatic N) is 5. The number of hydrogen-bond acceptors (Lipinski definition) is 13. The molecule has 0 unspecified atom stereocenters. The standard InChI is InChI=1S/C43H51N11O8/c1-50(2)22-18-46-42(57)28-10-14-34(36-38(28)48-32-12-8-26(53(59)60)24-30(32)40(36)55)44-16-6-20-52(5)21-7-17-45-35-15-11-29(43(58)47-19-23-51(3)4)39-37(35)41(56)31-25-27(54(61)62)9-13-33(31)49-39/h8-15,24-25,44-45H,6-7,16-23H2,1-5H3,(H,46,57)(H,47,58)(H,48,55)(H,49,56). The van der Waals surface area contributed by atoms with E-state index in [2.05, 4.69) is 36.1 Å². The number of non-ortho nitro benzene ring substituents is 2. The quantitative estimate of drug-likeness (QED) is 0.0272. The topological polar surface area (TPSA) is 244 Å². The summed E-state index contributed by atoms with van der Waals surface area (Å²) in [4.78, 5) is 88.8. The molecular weight excluding hydrogens is 799 g/mol. The highest BCUT2D eigenvalue weighted by Gasteiger charge is 2.21. The maximum atomic E-state index is 13.9. The third-order valence-corrected chi connectivity index (χ3v) is 10.5. The predicted molar refractivity (Wildman–Crippen MR) is 243 cm³/mol. The Morgan fingerprint density at radius 3 is 1.35 bits per heavy atom. The number of nitro benzene ring substituents is 2. The summed E-state index contributed by atoms with van der Waals surface area (Å²) in [6.45, 7) is 4.37. The van der Waals surface area contributed by atoms with Crippen LogP contribution in [0.2, 0.25) is 0 Å². The summed E-state index contributed by atoms with van der Waals surface area (Å²) in [5.41, 5.74) is 1.65. The summed E-state index contributed by atoms with van der Waals surface area (Å²) in [7, 11) is 9.56. The van der Waals surface area contributed by atoms with E-state index in [9.17, 15) is 39.4 Å². The number of benzene rings is 4. The highest BCUT2D eigenvalue weighted by Crippen LogP contribution is 2.29. The van der Waals surface area contributed by atoms with Crippen molar-refractivity contribution in [2.75, 3.05) is 98.2 Å². The molecule has 0 bridgehead atoms. The van der Waals surface area contributed by atoms with Crippen molar-refractivity contribution in [3.05, 3.63) is 112 Å². The molecule has 0 atom stereocenters. The Morgan fingerprint density at radius 1 is 0.581 bits per heavy atom. The minimum absolute atomic E-state index is 0.139. The first kappa shape index (κ1) is 44.6. The van der Waals surface area contributed by atoms with Crippen molar-refractivity contribution in [1.29, 1.82) is 0 Å². The average molecular weight is 850 g/mol. The van der Waals surface area contributed by atoms with Crippen molar-refractivity contribution < 1.29 is 19.4 Å². The van der Waals surface area contributed by atoms with E-state index in [4.69, 9.17) is 0 Å². The van der Waals surface area contributed by atoms with Crippen LogP contribution >= 0.6 is 0 Å². The molecule has 62 heavy (non-hydrogen) atoms. The van der Waals surface area contributed by atoms with E-state index in [1.165, 1.54) is 36.4 Å². The monoisotopic (exact) mass is 849 g/mol. The summed E-state index contributed by atoms with van der Waals surface area (Å²) < 4.78 is 0. The first-order valence-corrected chi connectivity index (χ1v) is 20.2. The Balaban J connectivity index is 1.12. The summed E-state index contributed by atoms with van der Waals surface area (Å²) in [5.74, 6) is -0.710. The highest BCUT2D eigenvalue weighted by atomic mass is 16.6. The van der Waals surface area contributed by atoms with Crippen LogP contribution in [0.1, 0.15) is 33.6 Å². The normalized spacial score (nSPS) is 11.6. The molecule has 0 fully saturated rings. The zero-order chi connectivity index (χ0) is 44.7. The molecule has 6 aromatic rings. The number of rotatable bonds is 20. The molecule has 2 heterocycles. The van der Waals surface area contributed by atoms with Gasteiger partial charge in [0.25, 0.3) is 23.2 Å². The molecule has 2 amide bonds. The molecule has 0 aliphatic heterocycles. The first-order valence-electron chi connectivity index (χ1n) is 20.2. The van der Waals surface area contributed by atoms with Crippen LogP contribution in [0.5, 0.6) is 0 Å². The molecule has 19 nitrogen and oxygen atoms in total. The lowest BCUT2D eigenvalue weighted by Gasteiger charge is -2.18. The third-order valence-electron chi connectivity index (χ3n) is 10.5. The summed E-state index contributed by atoms with van der Waals surface area (Å²) in [6.07, 6.45) is 1.37. The fraction of sp³-hybridized carbons (Fsp3) is 0.349. The van der Waals surface area contributed by atoms with Gasteiger partial charge in [-0.25, -0.2) is 0 Å². The van der Waals surface area contributed by atoms with Crippen molar-refractivity contribution in [3.63, 3.8) is 0 Å². The van der Waals surface area contributed by atoms with E-state index in [0.29, 0.717) is 98.6 Å². The minimum atomic E-state index is -0.557. The molecular formula is C43H51N11O8. The van der Waals surface area contributed by atoms with Crippen LogP contribution in [0.15, 0.2) is 70.3 Å². The van der Waals surface area contributed by atoms with E-state index >= 15 is 0 Å². The van der Waals surface area contributed by atoms with Gasteiger partial charge in [-0.05, 0) is 97.6 Å². The van der Waals surface area contributed by atoms with E-state index in [0.717, 1.165) is 0 Å². The summed E-state index contributed by atoms with van der Waals surface area (Å²) >= 11 is 0. The lowest BCUT2D eigenvalue weighted by Crippen LogP contribution is -2.31. The van der Waals surface area contributed by atoms with Crippen LogP contribution in [0, 0.1) is 20.2 Å². The van der Waals surface area contributed by atoms with Gasteiger partial charge in [-0.3, -0.25) is 39.4 Å². The van der Waals surface area contributed by atoms with Crippen LogP contribution in [0.4, 0.5) is 22.7 Å². The predicted octanol–water partition coefficient (Wildman–Crippen LogP) is 4.31. The molecule has 0 aliphatic rings. The van der Waals surface area contributed by atoms with Crippen LogP contribution in [-0.2, 0) is 0 Å². The van der Waals surface area contributed by atoms with Gasteiger partial charge in [0.2, 0.25) is 0 Å². The molecule has 6 N–H and O–H groups in total. The lowest BCUT2D eigenvalue weighted by atomic mass is 10.0. The van der Waals surface area contributed by atoms with Crippen LogP contribution < -0.4 is 32.1 Å². The second-order valence-electron chi connectivity index (χ2n) is 15.7. The summed E-state index contributed by atoms with van der Waals surface area (Å²) in [5, 5.41) is 36.3. The number of H-pyrrole nitrogens is 2. The highest BCUT2D eigenvalue weighted by molar-refractivity contribution is 6.12. The molecule has 0 spiro atoms. The SMILES string of the molecule is CN(C)CCNC(=O)c1ccc(NCCCN(C)CCCNc2ccc(C(=O)NCCN(C)C)c3[nH]c4ccc([N+](=O)[O-])cc4c(=O)c23)c2c(=O)c3cc([N+](=O)[O-])ccc3[nH]c12. The van der Waals surface area contributed by atoms with E-state index < -0.39 is 20.7 Å². The van der Waals surface area contributed by atoms with Gasteiger partial charge in [0, 0.05) is 74.9 Å². The number of pyridine rings is 2. The third kappa shape index (κ3) is 10.1. The Kier molecular flexibility index (Phi) is 14.1. The van der Waals surface area contributed by atoms with Crippen molar-refractivity contribution in [3.8, 4) is 0 Å². The smallest absolute Gasteiger partial charge is 0.270 e. The fourth-order valence-corrected chi connectivity index (χ4v) is 7.27. The van der Waals surface area contributed by atoms with Gasteiger partial charge in [0.05, 0.1) is 64.6 Å². The largest absolute Gasteiger partial charge is 0.384 e. The second-order valence-corrected chi connectivity index (χ2v) is 15.7. The number of nitrogens with one attached hydrogen (secondary N) is 6. The van der Waals surface area contributed by atoms with Gasteiger partial charge in [0.15, 0.2) is 10.9 Å². The molecule has 4 aromatic carbocycles. The van der Waals surface area contributed by atoms with Crippen LogP contribution in [-0.4, -0.2) is 134 Å². The molecule has 326 valence electrons. The Bertz CT molecular complexity index is 2610. The van der Waals surface area contributed by atoms with Gasteiger partial charge < -0.3 is 45.9 Å². The second kappa shape index (κ2) is 19.6. The molecule has 0 radical (unpaired) electrons. The van der Waals surface area contributed by atoms with Crippen molar-refractivity contribution in [2.24, 2.45) is 0 Å². The van der Waals surface area contributed by atoms with E-state index in [-0.39, 0.29) is 55.9 Å². The van der Waals surface area contributed by atoms with Gasteiger partial charge in [-0.2, -0.15) is 0 Å². The number of anilines is 2. The molecule has 0 aliphatic carbocycles. The van der Waals surface area contributed by atoms with Crippen LogP contribution in [0.25, 0.3) is 43.6 Å². The van der Waals surface area contributed by atoms with Gasteiger partial charge in [0.1, 0.15) is 0 Å². The number of hydrogen-bond donors (Lipinski definition) is 6. The number of fused-ring (bicyclic) bond motifs is 4. The number of aromatic nitrogens is 2. The van der Waals surface area contributed by atoms with Gasteiger partial charge >= 0.3 is 0 Å². The molecule has 2 aromatic heterocycles. The maximum absolute atomic E-state index is 13.9. The Morgan fingerprint density at radius 2 is 0.984 bits per heavy atom. The average Bonchev–Trinajstić information content (AvgIpc) is 3.23. The number of carbonyl (C=O) groups excluding carboxylic acids is 2. The van der Waals surface area contributed by atoms with Gasteiger partial charge in [-0.1, -0.05) is 0 Å². The summed E-state index contributed by atoms with van der Waals surface area (Å²) in [6, 6.07) is 14.7. The maximum Gasteiger partial charge on any atom is 0.270 e. The zero-order valence-corrected chi connectivity index (χ0v) is 35.3. The Labute approximate surface area is 355 Å². The molecule has 0 saturated carbocycles. The Hall–Kier alpha value is -6.96. The molecule has 6 rings (SSSR count). The number of nitro groups is 2. The van der Waals surface area contributed by atoms with Crippen molar-refractivity contribution >= 4 is 78.2 Å². The van der Waals surface area contributed by atoms with Crippen molar-refractivity contribution in [2.45, 2.75) is 12.8 Å². The number of carbonyl (C=O) groups is 2. The van der Waals surface area contributed by atoms with E-state index in [1.54, 1.807) is 24.3 Å². The van der Waals surface area contributed by atoms with Gasteiger partial charge in [-0.15, -0.1) is 0 Å². The van der Waals surface area contributed by atoms with Crippen molar-refractivity contribution in [1.82, 2.24) is 35.3 Å². The van der Waals surface area contributed by atoms with E-state index in [1.807, 2.05) is 45.0 Å². The number of aromatic amines is 2. The van der Waals surface area contributed by atoms with Crippen LogP contribution in [0.3, 0.4) is 0 Å². The molecule has 0 saturated heterocycles. The zero-order valence-electron chi connectivity index (χ0n) is 35.3. The molecule has 19 heteroatoms. The number of likely N-dealkylation sites (N-methyl/N-ethyl adjacent to an activating group) is 2. The minimum Gasteiger partial charge on any atom is -0.384 e. The lowest BCUT2D eigenvalue weighted by molar-refractivity contribution is -0.384. The first-order chi connectivity index (χ1) is 29.6. The number of amides is 2. The fourth-order valence-electron chi connectivity index (χ4n) is 7.27.